The van der Waals surface area contributed by atoms with E-state index in [9.17, 15) is 0 Å². The number of anilines is 1. The Morgan fingerprint density at radius 3 is 2.71 bits per heavy atom. The molecule has 0 radical (unpaired) electrons. The van der Waals surface area contributed by atoms with Crippen molar-refractivity contribution >= 4 is 17.3 Å². The van der Waals surface area contributed by atoms with Crippen molar-refractivity contribution < 1.29 is 0 Å². The van der Waals surface area contributed by atoms with Crippen molar-refractivity contribution in [3.05, 3.63) is 47.1 Å². The Kier molecular flexibility index (Phi) is 4.82. The van der Waals surface area contributed by atoms with Crippen LogP contribution in [0, 0.1) is 6.92 Å². The molecule has 0 atom stereocenters. The maximum atomic E-state index is 5.13. The minimum atomic E-state index is 0.537. The molecule has 28 heavy (non-hydrogen) atoms. The monoisotopic (exact) mass is 391 g/mol. The number of hydrogen-bond acceptors (Lipinski definition) is 6. The smallest absolute Gasteiger partial charge is 0.223 e. The molecule has 2 N–H and O–H groups in total. The third-order valence-electron chi connectivity index (χ3n) is 5.42. The van der Waals surface area contributed by atoms with Crippen LogP contribution >= 0.6 is 11.3 Å². The van der Waals surface area contributed by atoms with Gasteiger partial charge in [0, 0.05) is 23.7 Å². The predicted octanol–water partition coefficient (Wildman–Crippen LogP) is 4.62. The van der Waals surface area contributed by atoms with E-state index in [1.807, 2.05) is 12.3 Å². The average molecular weight is 392 g/mol. The summed E-state index contributed by atoms with van der Waals surface area (Å²) in [5.41, 5.74) is 4.44. The van der Waals surface area contributed by atoms with Gasteiger partial charge in [0.1, 0.15) is 0 Å². The van der Waals surface area contributed by atoms with Crippen LogP contribution in [-0.2, 0) is 0 Å². The molecule has 5 nitrogen and oxygen atoms in total. The van der Waals surface area contributed by atoms with Crippen molar-refractivity contribution in [1.82, 2.24) is 20.3 Å². The van der Waals surface area contributed by atoms with Gasteiger partial charge in [-0.3, -0.25) is 0 Å². The normalized spacial score (nSPS) is 17.6. The van der Waals surface area contributed by atoms with E-state index in [4.69, 9.17) is 9.97 Å². The van der Waals surface area contributed by atoms with Crippen molar-refractivity contribution in [3.8, 4) is 21.8 Å². The van der Waals surface area contributed by atoms with Gasteiger partial charge in [0.2, 0.25) is 5.95 Å². The molecule has 5 rings (SSSR count). The SMILES string of the molecule is Cc1cccc(-c2nc(C3CCNCC3)sc2-c2ccnc(NC3CC3)n2)c1. The molecule has 2 aromatic heterocycles. The molecule has 3 aromatic rings. The first kappa shape index (κ1) is 17.8. The van der Waals surface area contributed by atoms with Gasteiger partial charge in [-0.15, -0.1) is 11.3 Å². The molecule has 0 spiro atoms. The molecular formula is C22H25N5S. The maximum Gasteiger partial charge on any atom is 0.223 e. The van der Waals surface area contributed by atoms with Crippen molar-refractivity contribution in [2.45, 2.75) is 44.6 Å². The van der Waals surface area contributed by atoms with Gasteiger partial charge in [-0.2, -0.15) is 0 Å². The van der Waals surface area contributed by atoms with Crippen LogP contribution in [0.2, 0.25) is 0 Å². The molecule has 1 aliphatic carbocycles. The summed E-state index contributed by atoms with van der Waals surface area (Å²) in [6.45, 7) is 4.27. The number of benzene rings is 1. The summed E-state index contributed by atoms with van der Waals surface area (Å²) in [6, 6.07) is 11.2. The van der Waals surface area contributed by atoms with Crippen LogP contribution < -0.4 is 10.6 Å². The average Bonchev–Trinajstić information content (AvgIpc) is 3.42. The summed E-state index contributed by atoms with van der Waals surface area (Å²) in [5.74, 6) is 1.27. The number of rotatable bonds is 5. The lowest BCUT2D eigenvalue weighted by Gasteiger charge is -2.20. The minimum Gasteiger partial charge on any atom is -0.351 e. The number of thiazole rings is 1. The van der Waals surface area contributed by atoms with E-state index < -0.39 is 0 Å². The van der Waals surface area contributed by atoms with E-state index in [1.54, 1.807) is 11.3 Å². The Morgan fingerprint density at radius 2 is 1.93 bits per heavy atom. The van der Waals surface area contributed by atoms with Crippen LogP contribution in [-0.4, -0.2) is 34.1 Å². The molecular weight excluding hydrogens is 366 g/mol. The Bertz CT molecular complexity index is 973. The Morgan fingerprint density at radius 1 is 1.07 bits per heavy atom. The Hall–Kier alpha value is -2.31. The quantitative estimate of drug-likeness (QED) is 0.665. The summed E-state index contributed by atoms with van der Waals surface area (Å²) in [6.07, 6.45) is 6.58. The molecule has 1 aromatic carbocycles. The first-order valence-electron chi connectivity index (χ1n) is 10.1. The second kappa shape index (κ2) is 7.60. The summed E-state index contributed by atoms with van der Waals surface area (Å²) in [7, 11) is 0. The van der Waals surface area contributed by atoms with Gasteiger partial charge < -0.3 is 10.6 Å². The van der Waals surface area contributed by atoms with Gasteiger partial charge in [-0.1, -0.05) is 23.8 Å². The zero-order valence-corrected chi connectivity index (χ0v) is 16.9. The molecule has 0 unspecified atom stereocenters. The molecule has 0 bridgehead atoms. The van der Waals surface area contributed by atoms with E-state index in [-0.39, 0.29) is 0 Å². The highest BCUT2D eigenvalue weighted by Crippen LogP contribution is 2.40. The highest BCUT2D eigenvalue weighted by atomic mass is 32.1. The molecule has 0 amide bonds. The molecule has 3 heterocycles. The summed E-state index contributed by atoms with van der Waals surface area (Å²) < 4.78 is 0. The fraction of sp³-hybridized carbons (Fsp3) is 0.409. The molecule has 1 saturated carbocycles. The second-order valence-electron chi connectivity index (χ2n) is 7.81. The second-order valence-corrected chi connectivity index (χ2v) is 8.84. The molecule has 6 heteroatoms. The number of nitrogens with one attached hydrogen (secondary N) is 2. The number of hydrogen-bond donors (Lipinski definition) is 2. The number of aromatic nitrogens is 3. The van der Waals surface area contributed by atoms with Gasteiger partial charge in [-0.25, -0.2) is 15.0 Å². The van der Waals surface area contributed by atoms with Crippen LogP contribution in [0.3, 0.4) is 0 Å². The topological polar surface area (TPSA) is 62.7 Å². The van der Waals surface area contributed by atoms with Crippen molar-refractivity contribution in [2.75, 3.05) is 18.4 Å². The van der Waals surface area contributed by atoms with Crippen LogP contribution in [0.4, 0.5) is 5.95 Å². The van der Waals surface area contributed by atoms with Crippen molar-refractivity contribution in [1.29, 1.82) is 0 Å². The fourth-order valence-electron chi connectivity index (χ4n) is 3.71. The first-order valence-corrected chi connectivity index (χ1v) is 11.0. The van der Waals surface area contributed by atoms with E-state index in [2.05, 4.69) is 46.8 Å². The Balaban J connectivity index is 1.57. The minimum absolute atomic E-state index is 0.537. The predicted molar refractivity (Wildman–Crippen MR) is 115 cm³/mol. The lowest BCUT2D eigenvalue weighted by molar-refractivity contribution is 0.459. The van der Waals surface area contributed by atoms with Gasteiger partial charge in [0.05, 0.1) is 21.3 Å². The third-order valence-corrected chi connectivity index (χ3v) is 6.66. The van der Waals surface area contributed by atoms with E-state index in [1.165, 1.54) is 29.0 Å². The first-order chi connectivity index (χ1) is 13.8. The van der Waals surface area contributed by atoms with Crippen LogP contribution in [0.5, 0.6) is 0 Å². The summed E-state index contributed by atoms with van der Waals surface area (Å²) in [4.78, 5) is 15.5. The molecule has 144 valence electrons. The van der Waals surface area contributed by atoms with Gasteiger partial charge in [0.25, 0.3) is 0 Å². The number of piperidine rings is 1. The largest absolute Gasteiger partial charge is 0.351 e. The number of aryl methyl sites for hydroxylation is 1. The van der Waals surface area contributed by atoms with E-state index in [0.29, 0.717) is 12.0 Å². The van der Waals surface area contributed by atoms with Gasteiger partial charge >= 0.3 is 0 Å². The van der Waals surface area contributed by atoms with Gasteiger partial charge in [-0.05, 0) is 57.8 Å². The van der Waals surface area contributed by atoms with E-state index >= 15 is 0 Å². The van der Waals surface area contributed by atoms with Crippen LogP contribution in [0.15, 0.2) is 36.5 Å². The van der Waals surface area contributed by atoms with Crippen molar-refractivity contribution in [2.24, 2.45) is 0 Å². The van der Waals surface area contributed by atoms with Crippen molar-refractivity contribution in [3.63, 3.8) is 0 Å². The highest BCUT2D eigenvalue weighted by Gasteiger charge is 2.25. The lowest BCUT2D eigenvalue weighted by atomic mass is 9.99. The van der Waals surface area contributed by atoms with Crippen LogP contribution in [0.25, 0.3) is 21.8 Å². The van der Waals surface area contributed by atoms with E-state index in [0.717, 1.165) is 48.1 Å². The molecule has 1 aliphatic heterocycles. The zero-order chi connectivity index (χ0) is 18.9. The number of nitrogens with zero attached hydrogens (tertiary/aromatic N) is 3. The summed E-state index contributed by atoms with van der Waals surface area (Å²) in [5, 5.41) is 8.11. The van der Waals surface area contributed by atoms with Crippen LogP contribution in [0.1, 0.15) is 42.2 Å². The highest BCUT2D eigenvalue weighted by molar-refractivity contribution is 7.15. The Labute approximate surface area is 169 Å². The zero-order valence-electron chi connectivity index (χ0n) is 16.1. The molecule has 2 aliphatic rings. The fourth-order valence-corrected chi connectivity index (χ4v) is 4.93. The molecule has 2 fully saturated rings. The standard InChI is InChI=1S/C22H25N5S/c1-14-3-2-4-16(13-14)19-20(28-21(27-19)15-7-10-23-11-8-15)18-9-12-24-22(26-18)25-17-5-6-17/h2-4,9,12-13,15,17,23H,5-8,10-11H2,1H3,(H,24,25,26). The maximum absolute atomic E-state index is 5.13. The third kappa shape index (κ3) is 3.80. The van der Waals surface area contributed by atoms with Gasteiger partial charge in [0.15, 0.2) is 0 Å². The lowest BCUT2D eigenvalue weighted by Crippen LogP contribution is -2.26. The summed E-state index contributed by atoms with van der Waals surface area (Å²) >= 11 is 1.81. The molecule has 1 saturated heterocycles.